The smallest absolute Gasteiger partial charge is 0.207 e. The Labute approximate surface area is 175 Å². The Morgan fingerprint density at radius 2 is 1.79 bits per heavy atom. The predicted molar refractivity (Wildman–Crippen MR) is 112 cm³/mol. The normalized spacial score (nSPS) is 15.6. The third kappa shape index (κ3) is 3.86. The number of ether oxygens (including phenoxy) is 3. The molecule has 1 N–H and O–H groups in total. The lowest BCUT2D eigenvalue weighted by atomic mass is 9.99. The zero-order chi connectivity index (χ0) is 20.4. The molecule has 0 radical (unpaired) electrons. The third-order valence-corrected chi connectivity index (χ3v) is 5.74. The Hall–Kier alpha value is -2.84. The molecule has 1 aliphatic rings. The first-order valence-corrected chi connectivity index (χ1v) is 9.90. The van der Waals surface area contributed by atoms with Gasteiger partial charge in [0.25, 0.3) is 0 Å². The van der Waals surface area contributed by atoms with Crippen molar-refractivity contribution >= 4 is 12.2 Å². The van der Waals surface area contributed by atoms with Crippen molar-refractivity contribution in [3.8, 4) is 22.9 Å². The number of fused-ring (bicyclic) bond motifs is 1. The standard InChI is InChI=1S/C21H24N4O3S/c1-26-18-6-4-5-17(11-18)24-13-22-25(21(24)29)14-23-8-7-15-9-19(27-2)20(28-3)10-16(15)12-23/h4-6,9-11,13H,7-8,12,14H2,1-3H3/p+1. The summed E-state index contributed by atoms with van der Waals surface area (Å²) in [4.78, 5) is 1.40. The van der Waals surface area contributed by atoms with E-state index >= 15 is 0 Å². The molecular formula is C21H25N4O3S+. The first-order valence-electron chi connectivity index (χ1n) is 9.49. The second-order valence-corrected chi connectivity index (χ2v) is 7.41. The van der Waals surface area contributed by atoms with E-state index in [0.717, 1.165) is 42.4 Å². The van der Waals surface area contributed by atoms with E-state index in [9.17, 15) is 0 Å². The average molecular weight is 414 g/mol. The van der Waals surface area contributed by atoms with Gasteiger partial charge in [0.15, 0.2) is 18.2 Å². The highest BCUT2D eigenvalue weighted by atomic mass is 32.1. The van der Waals surface area contributed by atoms with Gasteiger partial charge in [0.05, 0.1) is 33.6 Å². The van der Waals surface area contributed by atoms with Crippen molar-refractivity contribution in [2.75, 3.05) is 27.9 Å². The molecule has 3 aromatic rings. The van der Waals surface area contributed by atoms with Crippen LogP contribution in [-0.4, -0.2) is 42.2 Å². The van der Waals surface area contributed by atoms with Gasteiger partial charge in [-0.25, -0.2) is 0 Å². The molecule has 2 aromatic carbocycles. The Balaban J connectivity index is 1.54. The van der Waals surface area contributed by atoms with Gasteiger partial charge >= 0.3 is 0 Å². The fourth-order valence-corrected chi connectivity index (χ4v) is 4.02. The summed E-state index contributed by atoms with van der Waals surface area (Å²) in [5, 5.41) is 4.53. The zero-order valence-electron chi connectivity index (χ0n) is 16.8. The molecule has 2 heterocycles. The molecule has 152 valence electrons. The van der Waals surface area contributed by atoms with Crippen LogP contribution in [0.1, 0.15) is 11.1 Å². The van der Waals surface area contributed by atoms with Gasteiger partial charge in [0.2, 0.25) is 4.77 Å². The number of hydrogen-bond acceptors (Lipinski definition) is 5. The van der Waals surface area contributed by atoms with Gasteiger partial charge in [-0.3, -0.25) is 4.57 Å². The van der Waals surface area contributed by atoms with Crippen LogP contribution in [0.25, 0.3) is 5.69 Å². The van der Waals surface area contributed by atoms with E-state index in [1.165, 1.54) is 16.0 Å². The van der Waals surface area contributed by atoms with E-state index in [4.69, 9.17) is 26.4 Å². The summed E-state index contributed by atoms with van der Waals surface area (Å²) >= 11 is 5.68. The number of hydrogen-bond donors (Lipinski definition) is 1. The largest absolute Gasteiger partial charge is 0.497 e. The summed E-state index contributed by atoms with van der Waals surface area (Å²) in [6, 6.07) is 12.0. The number of quaternary nitrogens is 1. The topological polar surface area (TPSA) is 54.9 Å². The maximum absolute atomic E-state index is 5.68. The lowest BCUT2D eigenvalue weighted by Gasteiger charge is -2.26. The van der Waals surface area contributed by atoms with Gasteiger partial charge in [0, 0.05) is 18.1 Å². The molecule has 0 aliphatic carbocycles. The maximum Gasteiger partial charge on any atom is 0.207 e. The summed E-state index contributed by atoms with van der Waals surface area (Å²) < 4.78 is 20.7. The summed E-state index contributed by atoms with van der Waals surface area (Å²) in [7, 11) is 5.00. The van der Waals surface area contributed by atoms with Crippen LogP contribution in [0.2, 0.25) is 0 Å². The van der Waals surface area contributed by atoms with Crippen LogP contribution >= 0.6 is 12.2 Å². The molecule has 0 spiro atoms. The molecule has 1 aliphatic heterocycles. The van der Waals surface area contributed by atoms with E-state index in [0.29, 0.717) is 11.4 Å². The van der Waals surface area contributed by atoms with E-state index in [2.05, 4.69) is 17.2 Å². The molecule has 1 atom stereocenters. The molecule has 29 heavy (non-hydrogen) atoms. The van der Waals surface area contributed by atoms with Gasteiger partial charge < -0.3 is 19.1 Å². The number of nitrogens with zero attached hydrogens (tertiary/aromatic N) is 3. The lowest BCUT2D eigenvalue weighted by Crippen LogP contribution is -3.11. The highest BCUT2D eigenvalue weighted by molar-refractivity contribution is 7.71. The van der Waals surface area contributed by atoms with Crippen molar-refractivity contribution in [1.82, 2.24) is 14.3 Å². The molecule has 0 saturated carbocycles. The SMILES string of the molecule is COc1cccc(-n2cnn(C[NH+]3CCc4cc(OC)c(OC)cc4C3)c2=S)c1. The van der Waals surface area contributed by atoms with Gasteiger partial charge in [0.1, 0.15) is 18.6 Å². The number of rotatable bonds is 6. The molecular weight excluding hydrogens is 388 g/mol. The summed E-state index contributed by atoms with van der Waals surface area (Å²) in [6.45, 7) is 2.61. The fourth-order valence-electron chi connectivity index (χ4n) is 3.76. The second kappa shape index (κ2) is 8.26. The van der Waals surface area contributed by atoms with E-state index in [1.54, 1.807) is 27.7 Å². The summed E-state index contributed by atoms with van der Waals surface area (Å²) in [5.41, 5.74) is 3.54. The van der Waals surface area contributed by atoms with Crippen molar-refractivity contribution in [1.29, 1.82) is 0 Å². The Kier molecular flexibility index (Phi) is 5.55. The molecule has 0 fully saturated rings. The van der Waals surface area contributed by atoms with Gasteiger partial charge in [-0.15, -0.1) is 0 Å². The Morgan fingerprint density at radius 1 is 1.03 bits per heavy atom. The van der Waals surface area contributed by atoms with Crippen molar-refractivity contribution < 1.29 is 19.1 Å². The first-order chi connectivity index (χ1) is 14.1. The Morgan fingerprint density at radius 3 is 2.52 bits per heavy atom. The van der Waals surface area contributed by atoms with Gasteiger partial charge in [-0.2, -0.15) is 9.78 Å². The zero-order valence-corrected chi connectivity index (χ0v) is 17.7. The van der Waals surface area contributed by atoms with Crippen LogP contribution in [0.3, 0.4) is 0 Å². The predicted octanol–water partition coefficient (Wildman–Crippen LogP) is 2.03. The van der Waals surface area contributed by atoms with E-state index < -0.39 is 0 Å². The monoisotopic (exact) mass is 413 g/mol. The second-order valence-electron chi connectivity index (χ2n) is 7.05. The minimum absolute atomic E-state index is 0.670. The van der Waals surface area contributed by atoms with Crippen LogP contribution in [-0.2, 0) is 19.6 Å². The minimum Gasteiger partial charge on any atom is -0.497 e. The molecule has 1 unspecified atom stereocenters. The van der Waals surface area contributed by atoms with Crippen LogP contribution in [0, 0.1) is 4.77 Å². The number of methoxy groups -OCH3 is 3. The van der Waals surface area contributed by atoms with Crippen molar-refractivity contribution in [2.45, 2.75) is 19.6 Å². The first kappa shape index (κ1) is 19.5. The molecule has 1 aromatic heterocycles. The minimum atomic E-state index is 0.670. The van der Waals surface area contributed by atoms with Gasteiger partial charge in [-0.05, 0) is 42.0 Å². The number of aromatic nitrogens is 3. The summed E-state index contributed by atoms with van der Waals surface area (Å²) in [6.07, 6.45) is 2.75. The highest BCUT2D eigenvalue weighted by Gasteiger charge is 2.23. The molecule has 0 amide bonds. The highest BCUT2D eigenvalue weighted by Crippen LogP contribution is 2.31. The third-order valence-electron chi connectivity index (χ3n) is 5.33. The van der Waals surface area contributed by atoms with Crippen LogP contribution in [0.5, 0.6) is 17.2 Å². The van der Waals surface area contributed by atoms with E-state index in [-0.39, 0.29) is 0 Å². The van der Waals surface area contributed by atoms with Gasteiger partial charge in [-0.1, -0.05) is 6.07 Å². The molecule has 7 nitrogen and oxygen atoms in total. The van der Waals surface area contributed by atoms with Crippen LogP contribution in [0.4, 0.5) is 0 Å². The molecule has 0 bridgehead atoms. The van der Waals surface area contributed by atoms with Crippen molar-refractivity contribution in [2.24, 2.45) is 0 Å². The lowest BCUT2D eigenvalue weighted by molar-refractivity contribution is -0.939. The quantitative estimate of drug-likeness (QED) is 0.627. The number of benzene rings is 2. The van der Waals surface area contributed by atoms with Crippen molar-refractivity contribution in [3.63, 3.8) is 0 Å². The van der Waals surface area contributed by atoms with Crippen molar-refractivity contribution in [3.05, 3.63) is 58.6 Å². The molecule has 8 heteroatoms. The van der Waals surface area contributed by atoms with Crippen LogP contribution in [0.15, 0.2) is 42.7 Å². The van der Waals surface area contributed by atoms with Crippen LogP contribution < -0.4 is 19.1 Å². The van der Waals surface area contributed by atoms with E-state index in [1.807, 2.05) is 33.5 Å². The fraction of sp³-hybridized carbons (Fsp3) is 0.333. The Bertz CT molecular complexity index is 1080. The molecule has 0 saturated heterocycles. The number of nitrogens with one attached hydrogen (secondary N) is 1. The molecule has 4 rings (SSSR count). The summed E-state index contributed by atoms with van der Waals surface area (Å²) in [5.74, 6) is 2.35. The average Bonchev–Trinajstić information content (AvgIpc) is 3.12. The maximum atomic E-state index is 5.68.